The van der Waals surface area contributed by atoms with Crippen molar-refractivity contribution in [2.45, 2.75) is 32.1 Å². The zero-order chi connectivity index (χ0) is 17.4. The summed E-state index contributed by atoms with van der Waals surface area (Å²) >= 11 is 0. The molecule has 0 aliphatic carbocycles. The van der Waals surface area contributed by atoms with Crippen molar-refractivity contribution in [3.63, 3.8) is 0 Å². The monoisotopic (exact) mass is 358 g/mol. The molecule has 3 saturated heterocycles. The summed E-state index contributed by atoms with van der Waals surface area (Å²) in [5, 5.41) is 9.11. The van der Waals surface area contributed by atoms with Gasteiger partial charge in [-0.15, -0.1) is 0 Å². The second-order valence-corrected chi connectivity index (χ2v) is 9.64. The molecule has 3 aliphatic rings. The first-order chi connectivity index (χ1) is 11.4. The predicted octanol–water partition coefficient (Wildman–Crippen LogP) is -0.355. The van der Waals surface area contributed by atoms with E-state index < -0.39 is 15.3 Å². The number of piperidine rings is 1. The van der Waals surface area contributed by atoms with E-state index in [1.165, 1.54) is 0 Å². The molecule has 3 aliphatic heterocycles. The molecule has 3 heterocycles. The van der Waals surface area contributed by atoms with Crippen LogP contribution < -0.4 is 0 Å². The molecule has 8 heteroatoms. The number of hydrogen-bond donors (Lipinski definition) is 1. The van der Waals surface area contributed by atoms with Crippen LogP contribution in [0.15, 0.2) is 0 Å². The Morgan fingerprint density at radius 2 is 1.92 bits per heavy atom. The van der Waals surface area contributed by atoms with Crippen LogP contribution >= 0.6 is 0 Å². The molecule has 3 rings (SSSR count). The maximum Gasteiger partial charge on any atom is 0.230 e. The summed E-state index contributed by atoms with van der Waals surface area (Å²) < 4.78 is 23.1. The van der Waals surface area contributed by atoms with Crippen LogP contribution in [0.2, 0.25) is 0 Å². The van der Waals surface area contributed by atoms with Gasteiger partial charge in [-0.2, -0.15) is 0 Å². The summed E-state index contributed by atoms with van der Waals surface area (Å²) in [4.78, 5) is 29.0. The topological polar surface area (TPSA) is 95.0 Å². The van der Waals surface area contributed by atoms with Crippen molar-refractivity contribution < 1.29 is 23.1 Å². The van der Waals surface area contributed by atoms with Crippen LogP contribution in [0.5, 0.6) is 0 Å². The summed E-state index contributed by atoms with van der Waals surface area (Å²) in [5.41, 5.74) is -0.496. The van der Waals surface area contributed by atoms with Gasteiger partial charge in [-0.1, -0.05) is 0 Å². The fourth-order valence-electron chi connectivity index (χ4n) is 4.32. The fraction of sp³-hybridized carbons (Fsp3) is 0.875. The van der Waals surface area contributed by atoms with E-state index in [4.69, 9.17) is 5.11 Å². The Hall–Kier alpha value is -1.15. The minimum absolute atomic E-state index is 0.00820. The van der Waals surface area contributed by atoms with Gasteiger partial charge in [0.2, 0.25) is 11.8 Å². The van der Waals surface area contributed by atoms with Crippen molar-refractivity contribution >= 4 is 21.7 Å². The molecular formula is C16H26N2O5S. The molecule has 0 aromatic rings. The fourth-order valence-corrected chi connectivity index (χ4v) is 5.81. The Balaban J connectivity index is 1.64. The maximum absolute atomic E-state index is 12.8. The number of likely N-dealkylation sites (tertiary alicyclic amines) is 2. The Kier molecular flexibility index (Phi) is 4.88. The highest BCUT2D eigenvalue weighted by Crippen LogP contribution is 2.40. The van der Waals surface area contributed by atoms with E-state index in [0.717, 1.165) is 12.8 Å². The van der Waals surface area contributed by atoms with Crippen LogP contribution in [0.1, 0.15) is 32.1 Å². The number of rotatable bonds is 3. The molecule has 0 radical (unpaired) electrons. The lowest BCUT2D eigenvalue weighted by atomic mass is 9.78. The van der Waals surface area contributed by atoms with E-state index in [2.05, 4.69) is 0 Å². The van der Waals surface area contributed by atoms with Gasteiger partial charge in [0.15, 0.2) is 0 Å². The van der Waals surface area contributed by atoms with Gasteiger partial charge in [-0.25, -0.2) is 8.42 Å². The third-order valence-electron chi connectivity index (χ3n) is 5.76. The largest absolute Gasteiger partial charge is 0.395 e. The van der Waals surface area contributed by atoms with E-state index in [9.17, 15) is 18.0 Å². The molecule has 24 heavy (non-hydrogen) atoms. The third-order valence-corrected chi connectivity index (χ3v) is 7.48. The number of nitrogens with zero attached hydrogens (tertiary/aromatic N) is 2. The van der Waals surface area contributed by atoms with Gasteiger partial charge in [0, 0.05) is 32.1 Å². The summed E-state index contributed by atoms with van der Waals surface area (Å²) in [5.74, 6) is 0.0195. The molecule has 0 aromatic carbocycles. The molecule has 0 bridgehead atoms. The smallest absolute Gasteiger partial charge is 0.230 e. The SMILES string of the molecule is O=C(C1CCS(=O)(=O)CC1)N1CCC2(CCCN(CCO)C2=O)C1. The lowest BCUT2D eigenvalue weighted by molar-refractivity contribution is -0.147. The number of carbonyl (C=O) groups is 2. The van der Waals surface area contributed by atoms with Crippen molar-refractivity contribution in [2.75, 3.05) is 44.3 Å². The normalized spacial score (nSPS) is 31.0. The van der Waals surface area contributed by atoms with E-state index >= 15 is 0 Å². The zero-order valence-corrected chi connectivity index (χ0v) is 14.8. The first-order valence-electron chi connectivity index (χ1n) is 8.76. The number of aliphatic hydroxyl groups is 1. The van der Waals surface area contributed by atoms with Gasteiger partial charge in [0.05, 0.1) is 23.5 Å². The van der Waals surface area contributed by atoms with Gasteiger partial charge < -0.3 is 14.9 Å². The number of β-amino-alcohol motifs (C(OH)–C–C–N with tert-alkyl or cyclic N) is 1. The first-order valence-corrected chi connectivity index (χ1v) is 10.6. The predicted molar refractivity (Wildman–Crippen MR) is 87.9 cm³/mol. The van der Waals surface area contributed by atoms with Crippen molar-refractivity contribution in [3.05, 3.63) is 0 Å². The zero-order valence-electron chi connectivity index (χ0n) is 13.9. The molecule has 1 unspecified atom stereocenters. The highest BCUT2D eigenvalue weighted by atomic mass is 32.2. The standard InChI is InChI=1S/C16H26N2O5S/c19-9-8-17-6-1-4-16(15(17)21)5-7-18(12-16)14(20)13-2-10-24(22,23)11-3-13/h13,19H,1-12H2. The average Bonchev–Trinajstić information content (AvgIpc) is 2.97. The maximum atomic E-state index is 12.8. The Morgan fingerprint density at radius 3 is 2.58 bits per heavy atom. The van der Waals surface area contributed by atoms with Crippen LogP contribution in [0.3, 0.4) is 0 Å². The van der Waals surface area contributed by atoms with Gasteiger partial charge in [0.1, 0.15) is 9.84 Å². The molecule has 1 N–H and O–H groups in total. The molecule has 1 spiro atoms. The first kappa shape index (κ1) is 17.7. The van der Waals surface area contributed by atoms with E-state index in [-0.39, 0.29) is 35.8 Å². The van der Waals surface area contributed by atoms with Crippen LogP contribution in [0, 0.1) is 11.3 Å². The van der Waals surface area contributed by atoms with Crippen LogP contribution in [0.25, 0.3) is 0 Å². The van der Waals surface area contributed by atoms with Gasteiger partial charge in [0.25, 0.3) is 0 Å². The highest BCUT2D eigenvalue weighted by molar-refractivity contribution is 7.91. The second kappa shape index (κ2) is 6.63. The Morgan fingerprint density at radius 1 is 1.21 bits per heavy atom. The van der Waals surface area contributed by atoms with Crippen molar-refractivity contribution in [1.82, 2.24) is 9.80 Å². The minimum atomic E-state index is -2.98. The van der Waals surface area contributed by atoms with Crippen molar-refractivity contribution in [3.8, 4) is 0 Å². The molecule has 2 amide bonds. The minimum Gasteiger partial charge on any atom is -0.395 e. The van der Waals surface area contributed by atoms with Crippen LogP contribution in [0.4, 0.5) is 0 Å². The van der Waals surface area contributed by atoms with Gasteiger partial charge in [-0.3, -0.25) is 9.59 Å². The van der Waals surface area contributed by atoms with Gasteiger partial charge >= 0.3 is 0 Å². The molecule has 7 nitrogen and oxygen atoms in total. The van der Waals surface area contributed by atoms with E-state index in [1.807, 2.05) is 0 Å². The second-order valence-electron chi connectivity index (χ2n) is 7.34. The molecule has 136 valence electrons. The summed E-state index contributed by atoms with van der Waals surface area (Å²) in [6.07, 6.45) is 3.15. The molecular weight excluding hydrogens is 332 g/mol. The van der Waals surface area contributed by atoms with Crippen molar-refractivity contribution in [1.29, 1.82) is 0 Å². The number of hydrogen-bond acceptors (Lipinski definition) is 5. The quantitative estimate of drug-likeness (QED) is 0.744. The molecule has 0 saturated carbocycles. The van der Waals surface area contributed by atoms with Gasteiger partial charge in [-0.05, 0) is 32.1 Å². The van der Waals surface area contributed by atoms with E-state index in [0.29, 0.717) is 45.4 Å². The number of amides is 2. The molecule has 1 atom stereocenters. The summed E-state index contributed by atoms with van der Waals surface area (Å²) in [6.45, 7) is 2.00. The number of sulfone groups is 1. The third kappa shape index (κ3) is 3.31. The number of carbonyl (C=O) groups excluding carboxylic acids is 2. The number of aliphatic hydroxyl groups excluding tert-OH is 1. The van der Waals surface area contributed by atoms with Crippen molar-refractivity contribution in [2.24, 2.45) is 11.3 Å². The Bertz CT molecular complexity index is 604. The lowest BCUT2D eigenvalue weighted by Gasteiger charge is -2.39. The average molecular weight is 358 g/mol. The molecule has 0 aromatic heterocycles. The van der Waals surface area contributed by atoms with Crippen LogP contribution in [-0.2, 0) is 19.4 Å². The lowest BCUT2D eigenvalue weighted by Crippen LogP contribution is -2.51. The molecule has 3 fully saturated rings. The van der Waals surface area contributed by atoms with E-state index in [1.54, 1.807) is 9.80 Å². The Labute approximate surface area is 142 Å². The summed E-state index contributed by atoms with van der Waals surface area (Å²) in [7, 11) is -2.98. The summed E-state index contributed by atoms with van der Waals surface area (Å²) in [6, 6.07) is 0. The highest BCUT2D eigenvalue weighted by Gasteiger charge is 2.50. The van der Waals surface area contributed by atoms with Crippen LogP contribution in [-0.4, -0.2) is 79.4 Å².